The Morgan fingerprint density at radius 3 is 2.68 bits per heavy atom. The summed E-state index contributed by atoms with van der Waals surface area (Å²) in [4.78, 5) is 12.6. The van der Waals surface area contributed by atoms with E-state index in [1.54, 1.807) is 0 Å². The third kappa shape index (κ3) is 2.14. The highest BCUT2D eigenvalue weighted by Gasteiger charge is 2.56. The van der Waals surface area contributed by atoms with E-state index in [4.69, 9.17) is 18.0 Å². The SMILES string of the molecule is Cc1cccc(NC(=O)C2C3CCCC32)c1C(N)=S. The highest BCUT2D eigenvalue weighted by atomic mass is 32.1. The molecule has 1 aromatic carbocycles. The Kier molecular flexibility index (Phi) is 3.05. The Balaban J connectivity index is 1.78. The van der Waals surface area contributed by atoms with Crippen LogP contribution in [0.2, 0.25) is 0 Å². The van der Waals surface area contributed by atoms with Crippen molar-refractivity contribution in [2.45, 2.75) is 26.2 Å². The molecule has 1 amide bonds. The minimum atomic E-state index is 0.137. The van der Waals surface area contributed by atoms with Crippen molar-refractivity contribution in [2.24, 2.45) is 23.5 Å². The van der Waals surface area contributed by atoms with Gasteiger partial charge in [0.25, 0.3) is 0 Å². The molecule has 100 valence electrons. The Morgan fingerprint density at radius 2 is 2.05 bits per heavy atom. The van der Waals surface area contributed by atoms with Crippen molar-refractivity contribution in [1.82, 2.24) is 0 Å². The van der Waals surface area contributed by atoms with Gasteiger partial charge in [-0.3, -0.25) is 4.79 Å². The van der Waals surface area contributed by atoms with Gasteiger partial charge in [-0.05, 0) is 43.2 Å². The van der Waals surface area contributed by atoms with E-state index in [9.17, 15) is 4.79 Å². The first kappa shape index (κ1) is 12.6. The molecule has 0 bridgehead atoms. The van der Waals surface area contributed by atoms with Gasteiger partial charge >= 0.3 is 0 Å². The van der Waals surface area contributed by atoms with Crippen molar-refractivity contribution in [3.63, 3.8) is 0 Å². The van der Waals surface area contributed by atoms with Gasteiger partial charge in [0.1, 0.15) is 4.99 Å². The number of anilines is 1. The molecular formula is C15H18N2OS. The van der Waals surface area contributed by atoms with Crippen LogP contribution in [-0.2, 0) is 4.79 Å². The number of fused-ring (bicyclic) bond motifs is 1. The zero-order valence-corrected chi connectivity index (χ0v) is 11.8. The predicted molar refractivity (Wildman–Crippen MR) is 80.0 cm³/mol. The van der Waals surface area contributed by atoms with Crippen LogP contribution in [0.25, 0.3) is 0 Å². The third-order valence-electron chi connectivity index (χ3n) is 4.49. The third-order valence-corrected chi connectivity index (χ3v) is 4.69. The maximum absolute atomic E-state index is 12.3. The number of carbonyl (C=O) groups excluding carboxylic acids is 1. The summed E-state index contributed by atoms with van der Waals surface area (Å²) in [6.07, 6.45) is 3.69. The van der Waals surface area contributed by atoms with Gasteiger partial charge in [0.05, 0.1) is 5.69 Å². The van der Waals surface area contributed by atoms with E-state index in [1.165, 1.54) is 19.3 Å². The van der Waals surface area contributed by atoms with E-state index < -0.39 is 0 Å². The number of amides is 1. The Hall–Kier alpha value is -1.42. The highest BCUT2D eigenvalue weighted by Crippen LogP contribution is 2.57. The van der Waals surface area contributed by atoms with E-state index in [-0.39, 0.29) is 11.8 Å². The molecule has 0 aliphatic heterocycles. The van der Waals surface area contributed by atoms with Crippen molar-refractivity contribution in [1.29, 1.82) is 0 Å². The van der Waals surface area contributed by atoms with E-state index in [2.05, 4.69) is 5.32 Å². The average molecular weight is 274 g/mol. The number of aryl methyl sites for hydroxylation is 1. The van der Waals surface area contributed by atoms with Crippen LogP contribution in [0.15, 0.2) is 18.2 Å². The number of carbonyl (C=O) groups is 1. The van der Waals surface area contributed by atoms with E-state index >= 15 is 0 Å². The van der Waals surface area contributed by atoms with Gasteiger partial charge in [0.2, 0.25) is 5.91 Å². The molecule has 0 heterocycles. The van der Waals surface area contributed by atoms with Gasteiger partial charge in [0, 0.05) is 11.5 Å². The molecular weight excluding hydrogens is 256 g/mol. The molecule has 2 aliphatic carbocycles. The van der Waals surface area contributed by atoms with Crippen LogP contribution in [0.1, 0.15) is 30.4 Å². The molecule has 0 saturated heterocycles. The van der Waals surface area contributed by atoms with Crippen LogP contribution in [0.5, 0.6) is 0 Å². The topological polar surface area (TPSA) is 55.1 Å². The fourth-order valence-electron chi connectivity index (χ4n) is 3.53. The second-order valence-corrected chi connectivity index (χ2v) is 6.08. The highest BCUT2D eigenvalue weighted by molar-refractivity contribution is 7.80. The van der Waals surface area contributed by atoms with E-state index in [1.807, 2.05) is 25.1 Å². The fourth-order valence-corrected chi connectivity index (χ4v) is 3.80. The molecule has 3 nitrogen and oxygen atoms in total. The van der Waals surface area contributed by atoms with Crippen molar-refractivity contribution in [3.8, 4) is 0 Å². The van der Waals surface area contributed by atoms with E-state index in [0.717, 1.165) is 16.8 Å². The lowest BCUT2D eigenvalue weighted by atomic mass is 10.1. The summed E-state index contributed by atoms with van der Waals surface area (Å²) in [7, 11) is 0. The molecule has 1 aromatic rings. The molecule has 4 heteroatoms. The number of benzene rings is 1. The molecule has 0 radical (unpaired) electrons. The summed E-state index contributed by atoms with van der Waals surface area (Å²) in [5.74, 6) is 1.60. The number of nitrogens with two attached hydrogens (primary N) is 1. The minimum absolute atomic E-state index is 0.137. The van der Waals surface area contributed by atoms with Crippen LogP contribution >= 0.6 is 12.2 Å². The van der Waals surface area contributed by atoms with E-state index in [0.29, 0.717) is 16.8 Å². The average Bonchev–Trinajstić information content (AvgIpc) is 2.83. The summed E-state index contributed by atoms with van der Waals surface area (Å²) < 4.78 is 0. The lowest BCUT2D eigenvalue weighted by molar-refractivity contribution is -0.118. The summed E-state index contributed by atoms with van der Waals surface area (Å²) in [6, 6.07) is 5.74. The summed E-state index contributed by atoms with van der Waals surface area (Å²) in [5, 5.41) is 3.02. The van der Waals surface area contributed by atoms with Gasteiger partial charge in [-0.2, -0.15) is 0 Å². The van der Waals surface area contributed by atoms with Crippen LogP contribution in [-0.4, -0.2) is 10.9 Å². The number of nitrogens with one attached hydrogen (secondary N) is 1. The van der Waals surface area contributed by atoms with Gasteiger partial charge in [-0.1, -0.05) is 30.8 Å². The first-order valence-electron chi connectivity index (χ1n) is 6.80. The second-order valence-electron chi connectivity index (χ2n) is 5.64. The molecule has 2 aliphatic rings. The Morgan fingerprint density at radius 1 is 1.37 bits per heavy atom. The molecule has 2 fully saturated rings. The fraction of sp³-hybridized carbons (Fsp3) is 0.467. The van der Waals surface area contributed by atoms with Crippen LogP contribution in [0, 0.1) is 24.7 Å². The molecule has 3 rings (SSSR count). The quantitative estimate of drug-likeness (QED) is 0.833. The second kappa shape index (κ2) is 4.60. The lowest BCUT2D eigenvalue weighted by Crippen LogP contribution is -2.21. The molecule has 0 spiro atoms. The van der Waals surface area contributed by atoms with Crippen LogP contribution < -0.4 is 11.1 Å². The normalized spacial score (nSPS) is 27.7. The molecule has 19 heavy (non-hydrogen) atoms. The largest absolute Gasteiger partial charge is 0.389 e. The lowest BCUT2D eigenvalue weighted by Gasteiger charge is -2.13. The zero-order chi connectivity index (χ0) is 13.6. The van der Waals surface area contributed by atoms with Crippen molar-refractivity contribution in [2.75, 3.05) is 5.32 Å². The van der Waals surface area contributed by atoms with Crippen molar-refractivity contribution in [3.05, 3.63) is 29.3 Å². The van der Waals surface area contributed by atoms with Gasteiger partial charge in [-0.25, -0.2) is 0 Å². The number of thiocarbonyl (C=S) groups is 1. The maximum atomic E-state index is 12.3. The Bertz CT molecular complexity index is 545. The summed E-state index contributed by atoms with van der Waals surface area (Å²) in [5.41, 5.74) is 8.30. The molecule has 2 atom stereocenters. The molecule has 3 N–H and O–H groups in total. The first-order valence-corrected chi connectivity index (χ1v) is 7.20. The maximum Gasteiger partial charge on any atom is 0.228 e. The Labute approximate surface area is 118 Å². The standard InChI is InChI=1S/C15H18N2OS/c1-8-4-2-7-11(12(8)14(16)19)17-15(18)13-9-5-3-6-10(9)13/h2,4,7,9-10,13H,3,5-6H2,1H3,(H2,16,19)(H,17,18). The monoisotopic (exact) mass is 274 g/mol. The molecule has 0 aromatic heterocycles. The summed E-state index contributed by atoms with van der Waals surface area (Å²) >= 11 is 5.08. The molecule has 2 saturated carbocycles. The zero-order valence-electron chi connectivity index (χ0n) is 11.0. The van der Waals surface area contributed by atoms with Crippen LogP contribution in [0.3, 0.4) is 0 Å². The predicted octanol–water partition coefficient (Wildman–Crippen LogP) is 2.61. The first-order chi connectivity index (χ1) is 9.09. The van der Waals surface area contributed by atoms with Crippen LogP contribution in [0.4, 0.5) is 5.69 Å². The van der Waals surface area contributed by atoms with Gasteiger partial charge in [-0.15, -0.1) is 0 Å². The van der Waals surface area contributed by atoms with Crippen molar-refractivity contribution < 1.29 is 4.79 Å². The van der Waals surface area contributed by atoms with Gasteiger partial charge in [0.15, 0.2) is 0 Å². The molecule has 2 unspecified atom stereocenters. The number of hydrogen-bond donors (Lipinski definition) is 2. The summed E-state index contributed by atoms with van der Waals surface area (Å²) in [6.45, 7) is 1.95. The minimum Gasteiger partial charge on any atom is -0.389 e. The van der Waals surface area contributed by atoms with Crippen molar-refractivity contribution >= 4 is 28.8 Å². The van der Waals surface area contributed by atoms with Gasteiger partial charge < -0.3 is 11.1 Å². The smallest absolute Gasteiger partial charge is 0.228 e. The number of rotatable bonds is 3. The number of hydrogen-bond acceptors (Lipinski definition) is 2.